The molecule has 0 saturated heterocycles. The van der Waals surface area contributed by atoms with Gasteiger partial charge in [0.25, 0.3) is 0 Å². The highest BCUT2D eigenvalue weighted by molar-refractivity contribution is 7.08. The molecule has 0 fully saturated rings. The summed E-state index contributed by atoms with van der Waals surface area (Å²) in [6, 6.07) is 4.51. The Hall–Kier alpha value is -0.900. The minimum Gasteiger partial charge on any atom is -0.388 e. The van der Waals surface area contributed by atoms with Gasteiger partial charge in [-0.1, -0.05) is 17.7 Å². The fourth-order valence-electron chi connectivity index (χ4n) is 1.72. The van der Waals surface area contributed by atoms with Gasteiger partial charge in [0.05, 0.1) is 6.10 Å². The maximum atomic E-state index is 13.6. The molecule has 2 aromatic rings. The highest BCUT2D eigenvalue weighted by Gasteiger charge is 2.14. The van der Waals surface area contributed by atoms with Crippen molar-refractivity contribution in [2.45, 2.75) is 19.4 Å². The van der Waals surface area contributed by atoms with Crippen LogP contribution in [-0.4, -0.2) is 5.11 Å². The molecule has 0 aliphatic carbocycles. The summed E-state index contributed by atoms with van der Waals surface area (Å²) >= 11 is 7.21. The van der Waals surface area contributed by atoms with Crippen LogP contribution >= 0.6 is 22.9 Å². The number of benzene rings is 1. The molecule has 1 atom stereocenters. The number of aryl methyl sites for hydroxylation is 1. The van der Waals surface area contributed by atoms with E-state index in [1.54, 1.807) is 12.1 Å². The van der Waals surface area contributed by atoms with Gasteiger partial charge in [0.2, 0.25) is 0 Å². The normalized spacial score (nSPS) is 12.7. The van der Waals surface area contributed by atoms with Crippen molar-refractivity contribution < 1.29 is 9.50 Å². The Balaban J connectivity index is 2.19. The molecule has 0 radical (unpaired) electrons. The second-order valence-electron chi connectivity index (χ2n) is 3.97. The minimum absolute atomic E-state index is 0.264. The Bertz CT molecular complexity index is 524. The zero-order valence-electron chi connectivity index (χ0n) is 9.28. The zero-order chi connectivity index (χ0) is 12.4. The Morgan fingerprint density at radius 1 is 1.41 bits per heavy atom. The second-order valence-corrected chi connectivity index (χ2v) is 5.15. The van der Waals surface area contributed by atoms with Crippen molar-refractivity contribution >= 4 is 22.9 Å². The minimum atomic E-state index is -0.670. The molecule has 1 heterocycles. The molecular formula is C13H12ClFOS. The first kappa shape index (κ1) is 12.6. The van der Waals surface area contributed by atoms with E-state index < -0.39 is 6.10 Å². The highest BCUT2D eigenvalue weighted by atomic mass is 35.5. The number of halogens is 2. The molecule has 0 aliphatic rings. The van der Waals surface area contributed by atoms with Crippen LogP contribution < -0.4 is 0 Å². The Kier molecular flexibility index (Phi) is 3.82. The van der Waals surface area contributed by atoms with E-state index in [1.165, 1.54) is 17.4 Å². The lowest BCUT2D eigenvalue weighted by Gasteiger charge is -2.11. The lowest BCUT2D eigenvalue weighted by molar-refractivity contribution is 0.177. The van der Waals surface area contributed by atoms with Crippen LogP contribution in [0.3, 0.4) is 0 Å². The molecule has 0 spiro atoms. The van der Waals surface area contributed by atoms with Crippen LogP contribution in [0.25, 0.3) is 0 Å². The third-order valence-corrected chi connectivity index (χ3v) is 3.80. The van der Waals surface area contributed by atoms with Crippen LogP contribution in [0.5, 0.6) is 0 Å². The van der Waals surface area contributed by atoms with Gasteiger partial charge >= 0.3 is 0 Å². The van der Waals surface area contributed by atoms with Crippen LogP contribution in [0.2, 0.25) is 5.02 Å². The molecule has 1 N–H and O–H groups in total. The summed E-state index contributed by atoms with van der Waals surface area (Å²) in [6.45, 7) is 1.94. The molecular weight excluding hydrogens is 259 g/mol. The molecule has 17 heavy (non-hydrogen) atoms. The van der Waals surface area contributed by atoms with Crippen LogP contribution in [0.4, 0.5) is 4.39 Å². The quantitative estimate of drug-likeness (QED) is 0.889. The largest absolute Gasteiger partial charge is 0.388 e. The van der Waals surface area contributed by atoms with Crippen LogP contribution in [0, 0.1) is 12.7 Å². The van der Waals surface area contributed by atoms with Gasteiger partial charge in [-0.25, -0.2) is 4.39 Å². The summed E-state index contributed by atoms with van der Waals surface area (Å²) in [6.07, 6.45) is -0.405. The monoisotopic (exact) mass is 270 g/mol. The predicted molar refractivity (Wildman–Crippen MR) is 69.1 cm³/mol. The highest BCUT2D eigenvalue weighted by Crippen LogP contribution is 2.26. The lowest BCUT2D eigenvalue weighted by Crippen LogP contribution is -2.03. The van der Waals surface area contributed by atoms with E-state index in [1.807, 2.05) is 17.7 Å². The van der Waals surface area contributed by atoms with Gasteiger partial charge in [-0.05, 0) is 46.5 Å². The first-order valence-electron chi connectivity index (χ1n) is 5.22. The van der Waals surface area contributed by atoms with Crippen molar-refractivity contribution in [2.24, 2.45) is 0 Å². The van der Waals surface area contributed by atoms with Gasteiger partial charge in [-0.2, -0.15) is 11.3 Å². The molecule has 0 amide bonds. The van der Waals surface area contributed by atoms with E-state index in [-0.39, 0.29) is 12.2 Å². The van der Waals surface area contributed by atoms with E-state index >= 15 is 0 Å². The maximum Gasteiger partial charge on any atom is 0.127 e. The number of rotatable bonds is 3. The topological polar surface area (TPSA) is 20.2 Å². The van der Waals surface area contributed by atoms with Gasteiger partial charge in [0, 0.05) is 11.4 Å². The molecule has 0 saturated carbocycles. The average molecular weight is 271 g/mol. The molecule has 1 unspecified atom stereocenters. The first-order chi connectivity index (χ1) is 8.08. The molecule has 2 rings (SSSR count). The number of hydrogen-bond acceptors (Lipinski definition) is 2. The van der Waals surface area contributed by atoms with Crippen molar-refractivity contribution in [1.29, 1.82) is 0 Å². The van der Waals surface area contributed by atoms with Crippen LogP contribution in [-0.2, 0) is 6.42 Å². The summed E-state index contributed by atoms with van der Waals surface area (Å²) in [5.41, 5.74) is 2.38. The second kappa shape index (κ2) is 5.17. The molecule has 1 aromatic carbocycles. The van der Waals surface area contributed by atoms with E-state index in [0.717, 1.165) is 11.1 Å². The van der Waals surface area contributed by atoms with E-state index in [2.05, 4.69) is 0 Å². The molecule has 0 aliphatic heterocycles. The van der Waals surface area contributed by atoms with Crippen molar-refractivity contribution in [3.05, 3.63) is 56.5 Å². The summed E-state index contributed by atoms with van der Waals surface area (Å²) in [4.78, 5) is 0. The number of aliphatic hydroxyl groups excluding tert-OH is 1. The number of thiophene rings is 1. The van der Waals surface area contributed by atoms with Crippen LogP contribution in [0.15, 0.2) is 29.0 Å². The Labute approximate surface area is 108 Å². The van der Waals surface area contributed by atoms with Gasteiger partial charge in [-0.15, -0.1) is 0 Å². The third kappa shape index (κ3) is 2.86. The van der Waals surface area contributed by atoms with Gasteiger partial charge < -0.3 is 5.11 Å². The average Bonchev–Trinajstić information content (AvgIpc) is 2.68. The molecule has 90 valence electrons. The van der Waals surface area contributed by atoms with Gasteiger partial charge in [0.1, 0.15) is 5.82 Å². The van der Waals surface area contributed by atoms with Crippen molar-refractivity contribution in [3.8, 4) is 0 Å². The fraction of sp³-hybridized carbons (Fsp3) is 0.231. The van der Waals surface area contributed by atoms with Crippen molar-refractivity contribution in [2.75, 3.05) is 0 Å². The summed E-state index contributed by atoms with van der Waals surface area (Å²) in [7, 11) is 0. The van der Waals surface area contributed by atoms with Gasteiger partial charge in [0.15, 0.2) is 0 Å². The van der Waals surface area contributed by atoms with Crippen molar-refractivity contribution in [1.82, 2.24) is 0 Å². The number of hydrogen-bond donors (Lipinski definition) is 1. The fourth-order valence-corrected chi connectivity index (χ4v) is 2.77. The Morgan fingerprint density at radius 3 is 2.76 bits per heavy atom. The van der Waals surface area contributed by atoms with Crippen molar-refractivity contribution in [3.63, 3.8) is 0 Å². The first-order valence-corrected chi connectivity index (χ1v) is 6.54. The van der Waals surface area contributed by atoms with E-state index in [9.17, 15) is 9.50 Å². The van der Waals surface area contributed by atoms with E-state index in [0.29, 0.717) is 10.6 Å². The van der Waals surface area contributed by atoms with E-state index in [4.69, 9.17) is 11.6 Å². The standard InChI is InChI=1S/C13H12ClFOS/c1-8-6-17-7-11(8)13(16)4-9-2-3-10(14)5-12(9)15/h2-3,5-7,13,16H,4H2,1H3. The SMILES string of the molecule is Cc1cscc1C(O)Cc1ccc(Cl)cc1F. The summed E-state index contributed by atoms with van der Waals surface area (Å²) in [5, 5.41) is 14.3. The zero-order valence-corrected chi connectivity index (χ0v) is 10.9. The maximum absolute atomic E-state index is 13.6. The van der Waals surface area contributed by atoms with Gasteiger partial charge in [-0.3, -0.25) is 0 Å². The predicted octanol–water partition coefficient (Wildman–Crippen LogP) is 4.13. The summed E-state index contributed by atoms with van der Waals surface area (Å²) < 4.78 is 13.6. The number of aliphatic hydroxyl groups is 1. The lowest BCUT2D eigenvalue weighted by atomic mass is 10.0. The molecule has 1 nitrogen and oxygen atoms in total. The third-order valence-electron chi connectivity index (χ3n) is 2.68. The molecule has 1 aromatic heterocycles. The Morgan fingerprint density at radius 2 is 2.18 bits per heavy atom. The molecule has 0 bridgehead atoms. The molecule has 4 heteroatoms. The van der Waals surface area contributed by atoms with Crippen LogP contribution in [0.1, 0.15) is 22.8 Å². The smallest absolute Gasteiger partial charge is 0.127 e. The summed E-state index contributed by atoms with van der Waals surface area (Å²) in [5.74, 6) is -0.371.